The first-order valence-corrected chi connectivity index (χ1v) is 6.00. The van der Waals surface area contributed by atoms with E-state index in [1.165, 1.54) is 18.2 Å². The fourth-order valence-electron chi connectivity index (χ4n) is 1.48. The van der Waals surface area contributed by atoms with E-state index in [9.17, 15) is 14.0 Å². The highest BCUT2D eigenvalue weighted by Gasteiger charge is 2.25. The van der Waals surface area contributed by atoms with Gasteiger partial charge in [0.25, 0.3) is 5.91 Å². The second-order valence-electron chi connectivity index (χ2n) is 4.51. The predicted molar refractivity (Wildman–Crippen MR) is 67.9 cm³/mol. The van der Waals surface area contributed by atoms with E-state index in [4.69, 9.17) is 5.11 Å². The predicted octanol–water partition coefficient (Wildman–Crippen LogP) is 2.57. The number of halogens is 2. The summed E-state index contributed by atoms with van der Waals surface area (Å²) < 4.78 is 13.3. The van der Waals surface area contributed by atoms with Crippen LogP contribution in [-0.4, -0.2) is 22.5 Å². The minimum absolute atomic E-state index is 0.0635. The minimum Gasteiger partial charge on any atom is -0.481 e. The number of aliphatic carboxylic acids is 1. The van der Waals surface area contributed by atoms with Crippen molar-refractivity contribution in [2.24, 2.45) is 0 Å². The standard InChI is InChI=1S/C12H13BrFNO3/c1-12(2,6-9(16)17)15-11(18)7-4-3-5-8(14)10(7)13/h3-5H,6H2,1-2H3,(H,15,18)(H,16,17). The highest BCUT2D eigenvalue weighted by molar-refractivity contribution is 9.10. The molecule has 98 valence electrons. The van der Waals surface area contributed by atoms with Gasteiger partial charge in [0.05, 0.1) is 16.5 Å². The second-order valence-corrected chi connectivity index (χ2v) is 5.30. The zero-order chi connectivity index (χ0) is 13.9. The Morgan fingerprint density at radius 1 is 1.44 bits per heavy atom. The van der Waals surface area contributed by atoms with Crippen LogP contribution in [0.5, 0.6) is 0 Å². The van der Waals surface area contributed by atoms with E-state index in [-0.39, 0.29) is 16.5 Å². The number of hydrogen-bond donors (Lipinski definition) is 2. The van der Waals surface area contributed by atoms with Crippen LogP contribution >= 0.6 is 15.9 Å². The molecule has 0 atom stereocenters. The first kappa shape index (κ1) is 14.6. The van der Waals surface area contributed by atoms with E-state index in [2.05, 4.69) is 21.2 Å². The molecule has 0 bridgehead atoms. The highest BCUT2D eigenvalue weighted by atomic mass is 79.9. The van der Waals surface area contributed by atoms with E-state index in [1.807, 2.05) is 0 Å². The Kier molecular flexibility index (Phi) is 4.45. The highest BCUT2D eigenvalue weighted by Crippen LogP contribution is 2.21. The van der Waals surface area contributed by atoms with Gasteiger partial charge in [0, 0.05) is 5.54 Å². The lowest BCUT2D eigenvalue weighted by Gasteiger charge is -2.24. The smallest absolute Gasteiger partial charge is 0.305 e. The lowest BCUT2D eigenvalue weighted by Crippen LogP contribution is -2.45. The van der Waals surface area contributed by atoms with E-state index in [0.717, 1.165) is 0 Å². The molecule has 0 unspecified atom stereocenters. The molecule has 1 amide bonds. The normalized spacial score (nSPS) is 11.1. The average molecular weight is 318 g/mol. The Morgan fingerprint density at radius 2 is 2.06 bits per heavy atom. The number of nitrogens with one attached hydrogen (secondary N) is 1. The Bertz CT molecular complexity index is 488. The lowest BCUT2D eigenvalue weighted by molar-refractivity contribution is -0.138. The summed E-state index contributed by atoms with van der Waals surface area (Å²) in [6.45, 7) is 3.18. The van der Waals surface area contributed by atoms with Crippen molar-refractivity contribution in [3.05, 3.63) is 34.1 Å². The summed E-state index contributed by atoms with van der Waals surface area (Å²) in [5, 5.41) is 11.3. The maximum atomic E-state index is 13.3. The largest absolute Gasteiger partial charge is 0.481 e. The molecule has 1 aromatic rings. The summed E-state index contributed by atoms with van der Waals surface area (Å²) in [5.74, 6) is -2.08. The van der Waals surface area contributed by atoms with Crippen LogP contribution in [-0.2, 0) is 4.79 Å². The second kappa shape index (κ2) is 5.48. The van der Waals surface area contributed by atoms with Crippen LogP contribution in [0.15, 0.2) is 22.7 Å². The van der Waals surface area contributed by atoms with Crippen molar-refractivity contribution >= 4 is 27.8 Å². The topological polar surface area (TPSA) is 66.4 Å². The van der Waals surface area contributed by atoms with Crippen molar-refractivity contribution in [3.8, 4) is 0 Å². The Balaban J connectivity index is 2.89. The molecule has 0 heterocycles. The van der Waals surface area contributed by atoms with E-state index >= 15 is 0 Å². The number of benzene rings is 1. The summed E-state index contributed by atoms with van der Waals surface area (Å²) >= 11 is 2.99. The van der Waals surface area contributed by atoms with Gasteiger partial charge in [0.1, 0.15) is 5.82 Å². The van der Waals surface area contributed by atoms with Gasteiger partial charge >= 0.3 is 5.97 Å². The zero-order valence-corrected chi connectivity index (χ0v) is 11.5. The van der Waals surface area contributed by atoms with Gasteiger partial charge in [0.2, 0.25) is 0 Å². The molecule has 2 N–H and O–H groups in total. The molecule has 0 aliphatic rings. The molecule has 0 aromatic heterocycles. The summed E-state index contributed by atoms with van der Waals surface area (Å²) in [4.78, 5) is 22.5. The Labute approximate surface area is 112 Å². The SMILES string of the molecule is CC(C)(CC(=O)O)NC(=O)c1cccc(F)c1Br. The Morgan fingerprint density at radius 3 is 2.61 bits per heavy atom. The van der Waals surface area contributed by atoms with E-state index in [0.29, 0.717) is 0 Å². The molecule has 0 radical (unpaired) electrons. The number of hydrogen-bond acceptors (Lipinski definition) is 2. The van der Waals surface area contributed by atoms with Crippen LogP contribution < -0.4 is 5.32 Å². The number of carbonyl (C=O) groups excluding carboxylic acids is 1. The quantitative estimate of drug-likeness (QED) is 0.897. The molecule has 6 heteroatoms. The third-order valence-electron chi connectivity index (χ3n) is 2.24. The van der Waals surface area contributed by atoms with Crippen molar-refractivity contribution in [2.75, 3.05) is 0 Å². The summed E-state index contributed by atoms with van der Waals surface area (Å²) in [6, 6.07) is 4.10. The molecule has 1 aromatic carbocycles. The molecule has 0 fully saturated rings. The number of carboxylic acids is 1. The van der Waals surface area contributed by atoms with Gasteiger partial charge in [-0.1, -0.05) is 6.07 Å². The average Bonchev–Trinajstić information content (AvgIpc) is 2.18. The lowest BCUT2D eigenvalue weighted by atomic mass is 10.00. The maximum absolute atomic E-state index is 13.3. The van der Waals surface area contributed by atoms with Crippen molar-refractivity contribution in [2.45, 2.75) is 25.8 Å². The van der Waals surface area contributed by atoms with Crippen LogP contribution in [0, 0.1) is 5.82 Å². The molecule has 0 aliphatic carbocycles. The number of rotatable bonds is 4. The molecule has 1 rings (SSSR count). The van der Waals surface area contributed by atoms with Gasteiger partial charge in [-0.15, -0.1) is 0 Å². The first-order chi connectivity index (χ1) is 8.23. The summed E-state index contributed by atoms with van der Waals surface area (Å²) in [5.41, 5.74) is -0.775. The van der Waals surface area contributed by atoms with Crippen molar-refractivity contribution in [1.82, 2.24) is 5.32 Å². The minimum atomic E-state index is -1.02. The number of carboxylic acid groups (broad SMARTS) is 1. The van der Waals surface area contributed by atoms with Gasteiger partial charge in [-0.05, 0) is 41.9 Å². The van der Waals surface area contributed by atoms with Crippen LogP contribution in [0.3, 0.4) is 0 Å². The molecule has 18 heavy (non-hydrogen) atoms. The van der Waals surface area contributed by atoms with E-state index < -0.39 is 23.2 Å². The third-order valence-corrected chi connectivity index (χ3v) is 3.05. The van der Waals surface area contributed by atoms with Gasteiger partial charge in [-0.25, -0.2) is 4.39 Å². The molecular weight excluding hydrogens is 305 g/mol. The van der Waals surface area contributed by atoms with Crippen LogP contribution in [0.1, 0.15) is 30.6 Å². The summed E-state index contributed by atoms with van der Waals surface area (Å²) in [6.07, 6.45) is -0.217. The number of carbonyl (C=O) groups is 2. The van der Waals surface area contributed by atoms with Crippen LogP contribution in [0.4, 0.5) is 4.39 Å². The molecular formula is C12H13BrFNO3. The molecule has 0 saturated carbocycles. The first-order valence-electron chi connectivity index (χ1n) is 5.21. The molecule has 4 nitrogen and oxygen atoms in total. The molecule has 0 aliphatic heterocycles. The monoisotopic (exact) mass is 317 g/mol. The van der Waals surface area contributed by atoms with Crippen LogP contribution in [0.25, 0.3) is 0 Å². The number of amides is 1. The van der Waals surface area contributed by atoms with E-state index in [1.54, 1.807) is 13.8 Å². The maximum Gasteiger partial charge on any atom is 0.305 e. The fourth-order valence-corrected chi connectivity index (χ4v) is 1.92. The van der Waals surface area contributed by atoms with Crippen molar-refractivity contribution < 1.29 is 19.1 Å². The third kappa shape index (κ3) is 3.80. The summed E-state index contributed by atoms with van der Waals surface area (Å²) in [7, 11) is 0. The molecule has 0 spiro atoms. The fraction of sp³-hybridized carbons (Fsp3) is 0.333. The van der Waals surface area contributed by atoms with Crippen molar-refractivity contribution in [3.63, 3.8) is 0 Å². The van der Waals surface area contributed by atoms with Crippen molar-refractivity contribution in [1.29, 1.82) is 0 Å². The van der Waals surface area contributed by atoms with Gasteiger partial charge in [-0.3, -0.25) is 9.59 Å². The Hall–Kier alpha value is -1.43. The van der Waals surface area contributed by atoms with Crippen LogP contribution in [0.2, 0.25) is 0 Å². The van der Waals surface area contributed by atoms with Gasteiger partial charge in [-0.2, -0.15) is 0 Å². The van der Waals surface area contributed by atoms with Gasteiger partial charge in [0.15, 0.2) is 0 Å². The van der Waals surface area contributed by atoms with Gasteiger partial charge < -0.3 is 10.4 Å². The zero-order valence-electron chi connectivity index (χ0n) is 9.96. The molecule has 0 saturated heterocycles.